The molecule has 0 spiro atoms. The molecule has 0 radical (unpaired) electrons. The molecule has 6 nitrogen and oxygen atoms in total. The van der Waals surface area contributed by atoms with Crippen LogP contribution in [0.4, 0.5) is 0 Å². The van der Waals surface area contributed by atoms with E-state index in [1.165, 1.54) is 0 Å². The van der Waals surface area contributed by atoms with E-state index in [-0.39, 0.29) is 38.0 Å². The first-order chi connectivity index (χ1) is 14.7. The average Bonchev–Trinajstić information content (AvgIpc) is 2.73. The lowest BCUT2D eigenvalue weighted by atomic mass is 10.0. The molecule has 0 aliphatic heterocycles. The summed E-state index contributed by atoms with van der Waals surface area (Å²) in [6, 6.07) is 16.9. The van der Waals surface area contributed by atoms with Gasteiger partial charge in [0.15, 0.2) is 0 Å². The Balaban J connectivity index is 1.97. The van der Waals surface area contributed by atoms with Gasteiger partial charge in [-0.25, -0.2) is 0 Å². The fourth-order valence-corrected chi connectivity index (χ4v) is 2.89. The number of esters is 2. The summed E-state index contributed by atoms with van der Waals surface area (Å²) in [5.41, 5.74) is 2.03. The number of carbonyl (C=O) groups is 2. The molecule has 31 heavy (non-hydrogen) atoms. The second-order valence-electron chi connectivity index (χ2n) is 8.10. The molecule has 0 fully saturated rings. The Bertz CT molecular complexity index is 905. The maximum atomic E-state index is 12.3. The molecule has 164 valence electrons. The third-order valence-corrected chi connectivity index (χ3v) is 4.39. The highest BCUT2D eigenvalue weighted by molar-refractivity contribution is 5.75. The zero-order valence-corrected chi connectivity index (χ0v) is 18.5. The van der Waals surface area contributed by atoms with Crippen LogP contribution in [-0.2, 0) is 19.1 Å². The summed E-state index contributed by atoms with van der Waals surface area (Å²) in [6.07, 6.45) is 0.402. The Morgan fingerprint density at radius 2 is 1.58 bits per heavy atom. The lowest BCUT2D eigenvalue weighted by molar-refractivity contribution is -0.156. The predicted octanol–water partition coefficient (Wildman–Crippen LogP) is 4.91. The molecule has 0 bridgehead atoms. The normalized spacial score (nSPS) is 11.8. The Hall–Kier alpha value is -3.33. The van der Waals surface area contributed by atoms with Gasteiger partial charge in [-0.3, -0.25) is 9.59 Å². The first kappa shape index (κ1) is 23.9. The molecule has 0 heterocycles. The van der Waals surface area contributed by atoms with Crippen LogP contribution in [0.15, 0.2) is 48.5 Å². The summed E-state index contributed by atoms with van der Waals surface area (Å²) < 4.78 is 16.2. The van der Waals surface area contributed by atoms with Crippen molar-refractivity contribution in [3.8, 4) is 22.9 Å². The van der Waals surface area contributed by atoms with Crippen molar-refractivity contribution in [2.24, 2.45) is 5.92 Å². The van der Waals surface area contributed by atoms with E-state index in [2.05, 4.69) is 6.07 Å². The quantitative estimate of drug-likeness (QED) is 0.533. The molecule has 0 saturated carbocycles. The molecule has 1 atom stereocenters. The molecule has 0 aromatic heterocycles. The highest BCUT2D eigenvalue weighted by atomic mass is 16.6. The fraction of sp³-hybridized carbons (Fsp3) is 0.400. The number of hydrogen-bond donors (Lipinski definition) is 0. The molecule has 1 unspecified atom stereocenters. The van der Waals surface area contributed by atoms with Crippen molar-refractivity contribution in [2.45, 2.75) is 46.1 Å². The summed E-state index contributed by atoms with van der Waals surface area (Å²) in [7, 11) is 0. The number of rotatable bonds is 9. The molecular weight excluding hydrogens is 394 g/mol. The van der Waals surface area contributed by atoms with E-state index < -0.39 is 11.5 Å². The van der Waals surface area contributed by atoms with Gasteiger partial charge in [0.2, 0.25) is 0 Å². The van der Waals surface area contributed by atoms with Gasteiger partial charge >= 0.3 is 11.9 Å². The number of benzene rings is 2. The monoisotopic (exact) mass is 423 g/mol. The standard InChI is InChI=1S/C25H29NO5/c1-5-29-24(28)21(12-15-23(27)31-25(2,3)4)17-30-22-13-10-20(11-14-22)19-8-6-18(16-26)7-9-19/h6-11,13-14,21H,5,12,15,17H2,1-4H3. The van der Waals surface area contributed by atoms with Crippen molar-refractivity contribution in [1.82, 2.24) is 0 Å². The van der Waals surface area contributed by atoms with Gasteiger partial charge in [-0.15, -0.1) is 0 Å². The molecule has 2 aromatic rings. The lowest BCUT2D eigenvalue weighted by Gasteiger charge is -2.21. The van der Waals surface area contributed by atoms with Gasteiger partial charge in [0, 0.05) is 6.42 Å². The van der Waals surface area contributed by atoms with Gasteiger partial charge in [-0.2, -0.15) is 5.26 Å². The van der Waals surface area contributed by atoms with Crippen molar-refractivity contribution in [1.29, 1.82) is 5.26 Å². The van der Waals surface area contributed by atoms with E-state index in [9.17, 15) is 9.59 Å². The molecule has 0 N–H and O–H groups in total. The topological polar surface area (TPSA) is 85.6 Å². The van der Waals surface area contributed by atoms with Crippen molar-refractivity contribution >= 4 is 11.9 Å². The number of nitriles is 1. The smallest absolute Gasteiger partial charge is 0.312 e. The molecule has 2 aromatic carbocycles. The highest BCUT2D eigenvalue weighted by Gasteiger charge is 2.24. The minimum atomic E-state index is -0.566. The molecule has 2 rings (SSSR count). The van der Waals surface area contributed by atoms with Crippen LogP contribution in [0.3, 0.4) is 0 Å². The number of hydrogen-bond acceptors (Lipinski definition) is 6. The predicted molar refractivity (Wildman–Crippen MR) is 117 cm³/mol. The molecule has 0 saturated heterocycles. The molecule has 0 aliphatic carbocycles. The van der Waals surface area contributed by atoms with E-state index in [0.717, 1.165) is 11.1 Å². The Kier molecular flexibility index (Phi) is 8.63. The highest BCUT2D eigenvalue weighted by Crippen LogP contribution is 2.24. The maximum Gasteiger partial charge on any atom is 0.312 e. The first-order valence-corrected chi connectivity index (χ1v) is 10.3. The fourth-order valence-electron chi connectivity index (χ4n) is 2.89. The summed E-state index contributed by atoms with van der Waals surface area (Å²) >= 11 is 0. The van der Waals surface area contributed by atoms with Crippen molar-refractivity contribution in [3.05, 3.63) is 54.1 Å². The Morgan fingerprint density at radius 3 is 2.10 bits per heavy atom. The summed E-state index contributed by atoms with van der Waals surface area (Å²) in [5.74, 6) is -0.691. The van der Waals surface area contributed by atoms with E-state index in [4.69, 9.17) is 19.5 Å². The zero-order chi connectivity index (χ0) is 22.9. The second-order valence-corrected chi connectivity index (χ2v) is 8.10. The summed E-state index contributed by atoms with van der Waals surface area (Å²) in [5, 5.41) is 8.91. The van der Waals surface area contributed by atoms with Crippen LogP contribution < -0.4 is 4.74 Å². The van der Waals surface area contributed by atoms with Gasteiger partial charge in [-0.05, 0) is 69.5 Å². The largest absolute Gasteiger partial charge is 0.493 e. The Labute approximate surface area is 183 Å². The van der Waals surface area contributed by atoms with Crippen LogP contribution >= 0.6 is 0 Å². The number of nitrogens with zero attached hydrogens (tertiary/aromatic N) is 1. The van der Waals surface area contributed by atoms with Gasteiger partial charge in [0.05, 0.1) is 24.2 Å². The zero-order valence-electron chi connectivity index (χ0n) is 18.5. The van der Waals surface area contributed by atoms with Gasteiger partial charge in [0.1, 0.15) is 18.0 Å². The second kappa shape index (κ2) is 11.2. The minimum absolute atomic E-state index is 0.109. The van der Waals surface area contributed by atoms with Gasteiger partial charge in [0.25, 0.3) is 0 Å². The molecular formula is C25H29NO5. The lowest BCUT2D eigenvalue weighted by Crippen LogP contribution is -2.27. The van der Waals surface area contributed by atoms with Gasteiger partial charge in [-0.1, -0.05) is 24.3 Å². The van der Waals surface area contributed by atoms with E-state index in [1.807, 2.05) is 36.4 Å². The summed E-state index contributed by atoms with van der Waals surface area (Å²) in [4.78, 5) is 24.3. The van der Waals surface area contributed by atoms with Gasteiger partial charge < -0.3 is 14.2 Å². The number of ether oxygens (including phenoxy) is 3. The Morgan fingerprint density at radius 1 is 1.00 bits per heavy atom. The summed E-state index contributed by atoms with van der Waals surface area (Å²) in [6.45, 7) is 7.53. The van der Waals surface area contributed by atoms with Crippen LogP contribution in [-0.4, -0.2) is 30.8 Å². The van der Waals surface area contributed by atoms with Crippen LogP contribution in [0.5, 0.6) is 5.75 Å². The van der Waals surface area contributed by atoms with E-state index >= 15 is 0 Å². The SMILES string of the molecule is CCOC(=O)C(CCC(=O)OC(C)(C)C)COc1ccc(-c2ccc(C#N)cc2)cc1. The van der Waals surface area contributed by atoms with Crippen LogP contribution in [0.25, 0.3) is 11.1 Å². The van der Waals surface area contributed by atoms with E-state index in [1.54, 1.807) is 39.8 Å². The minimum Gasteiger partial charge on any atom is -0.493 e. The van der Waals surface area contributed by atoms with Crippen LogP contribution in [0.1, 0.15) is 46.1 Å². The maximum absolute atomic E-state index is 12.3. The molecule has 0 aliphatic rings. The number of carbonyl (C=O) groups excluding carboxylic acids is 2. The third-order valence-electron chi connectivity index (χ3n) is 4.39. The molecule has 0 amide bonds. The van der Waals surface area contributed by atoms with Crippen LogP contribution in [0.2, 0.25) is 0 Å². The van der Waals surface area contributed by atoms with Crippen molar-refractivity contribution in [2.75, 3.05) is 13.2 Å². The van der Waals surface area contributed by atoms with E-state index in [0.29, 0.717) is 11.3 Å². The first-order valence-electron chi connectivity index (χ1n) is 10.3. The van der Waals surface area contributed by atoms with Crippen molar-refractivity contribution in [3.63, 3.8) is 0 Å². The van der Waals surface area contributed by atoms with Crippen LogP contribution in [0, 0.1) is 17.2 Å². The molecule has 6 heteroatoms. The average molecular weight is 424 g/mol. The van der Waals surface area contributed by atoms with Crippen molar-refractivity contribution < 1.29 is 23.8 Å². The third kappa shape index (κ3) is 8.13.